The number of aliphatic imine (C=N–C) groups is 1. The zero-order valence-electron chi connectivity index (χ0n) is 21.2. The highest BCUT2D eigenvalue weighted by Crippen LogP contribution is 2.46. The van der Waals surface area contributed by atoms with Crippen molar-refractivity contribution in [3.8, 4) is 11.5 Å². The zero-order chi connectivity index (χ0) is 24.6. The van der Waals surface area contributed by atoms with E-state index in [4.69, 9.17) is 10.2 Å². The van der Waals surface area contributed by atoms with Crippen LogP contribution in [0.25, 0.3) is 11.5 Å². The topological polar surface area (TPSA) is 77.3 Å². The molecule has 1 aliphatic rings. The monoisotopic (exact) mass is 520 g/mol. The van der Waals surface area contributed by atoms with E-state index in [2.05, 4.69) is 73.2 Å². The Labute approximate surface area is 223 Å². The van der Waals surface area contributed by atoms with E-state index in [-0.39, 0.29) is 23.2 Å². The maximum Gasteiger partial charge on any atom is 0.247 e. The number of halogens is 1. The number of amidine groups is 1. The maximum atomic E-state index is 6.09. The molecule has 2 N–H and O–H groups in total. The summed E-state index contributed by atoms with van der Waals surface area (Å²) in [6.07, 6.45) is 3.89. The number of rotatable bonds is 6. The summed E-state index contributed by atoms with van der Waals surface area (Å²) in [5.41, 5.74) is 12.3. The van der Waals surface area contributed by atoms with Crippen molar-refractivity contribution in [2.24, 2.45) is 10.7 Å². The van der Waals surface area contributed by atoms with Crippen LogP contribution in [0.15, 0.2) is 69.4 Å². The minimum Gasteiger partial charge on any atom is -0.421 e. The van der Waals surface area contributed by atoms with Gasteiger partial charge in [-0.2, -0.15) is 0 Å². The predicted octanol–water partition coefficient (Wildman–Crippen LogP) is 7.39. The summed E-state index contributed by atoms with van der Waals surface area (Å²) in [7, 11) is 0. The molecule has 1 aliphatic carbocycles. The number of aryl methyl sites for hydroxylation is 2. The van der Waals surface area contributed by atoms with Crippen molar-refractivity contribution in [1.29, 1.82) is 0 Å². The number of nitrogens with two attached hydrogens (primary N) is 1. The molecule has 0 spiro atoms. The highest BCUT2D eigenvalue weighted by atomic mass is 35.5. The lowest BCUT2D eigenvalue weighted by Gasteiger charge is -2.41. The van der Waals surface area contributed by atoms with E-state index in [1.807, 2.05) is 29.6 Å². The number of nitrogens with zero attached hydrogens (tertiary/aromatic N) is 3. The summed E-state index contributed by atoms with van der Waals surface area (Å²) in [5, 5.41) is 10.7. The third-order valence-corrected chi connectivity index (χ3v) is 8.05. The normalized spacial score (nSPS) is 16.3. The van der Waals surface area contributed by atoms with Gasteiger partial charge in [-0.3, -0.25) is 0 Å². The second-order valence-corrected chi connectivity index (χ2v) is 11.6. The second-order valence-electron chi connectivity index (χ2n) is 10.7. The van der Waals surface area contributed by atoms with E-state index in [9.17, 15) is 0 Å². The first kappa shape index (κ1) is 26.1. The maximum absolute atomic E-state index is 6.09. The molecule has 0 unspecified atom stereocenters. The Kier molecular flexibility index (Phi) is 7.39. The number of hydrogen-bond acceptors (Lipinski definition) is 5. The third kappa shape index (κ3) is 5.40. The molecule has 0 saturated heterocycles. The second kappa shape index (κ2) is 10.2. The van der Waals surface area contributed by atoms with Crippen LogP contribution in [0.2, 0.25) is 0 Å². The molecule has 4 aromatic rings. The van der Waals surface area contributed by atoms with E-state index < -0.39 is 0 Å². The SMILES string of the molecule is CC1(C)CCC(C)(C)c2cc(-c3nnc(CCc4ccc(/N=C(\N)c5cccs5)cc4)o3)ccc21.Cl. The first-order valence-corrected chi connectivity index (χ1v) is 13.0. The Bertz CT molecular complexity index is 1350. The van der Waals surface area contributed by atoms with Crippen LogP contribution in [0.4, 0.5) is 5.69 Å². The molecule has 0 bridgehead atoms. The average molecular weight is 521 g/mol. The Hall–Kier alpha value is -2.96. The van der Waals surface area contributed by atoms with Gasteiger partial charge in [-0.15, -0.1) is 33.9 Å². The minimum atomic E-state index is 0. The number of benzene rings is 2. The lowest BCUT2D eigenvalue weighted by atomic mass is 9.63. The Morgan fingerprint density at radius 1 is 0.944 bits per heavy atom. The van der Waals surface area contributed by atoms with Crippen molar-refractivity contribution in [1.82, 2.24) is 10.2 Å². The van der Waals surface area contributed by atoms with Gasteiger partial charge in [0.15, 0.2) is 0 Å². The number of aromatic nitrogens is 2. The van der Waals surface area contributed by atoms with Crippen molar-refractivity contribution in [2.75, 3.05) is 0 Å². The third-order valence-electron chi connectivity index (χ3n) is 7.15. The summed E-state index contributed by atoms with van der Waals surface area (Å²) in [6.45, 7) is 9.33. The van der Waals surface area contributed by atoms with Gasteiger partial charge in [-0.1, -0.05) is 52.0 Å². The van der Waals surface area contributed by atoms with Crippen LogP contribution in [0.1, 0.15) is 68.0 Å². The van der Waals surface area contributed by atoms with Gasteiger partial charge in [0.2, 0.25) is 11.8 Å². The van der Waals surface area contributed by atoms with E-state index in [0.717, 1.165) is 22.5 Å². The fourth-order valence-electron chi connectivity index (χ4n) is 4.80. The molecule has 5 rings (SSSR count). The molecule has 2 heterocycles. The van der Waals surface area contributed by atoms with Crippen molar-refractivity contribution >= 4 is 35.3 Å². The molecule has 2 aromatic carbocycles. The molecule has 0 fully saturated rings. The van der Waals surface area contributed by atoms with E-state index in [1.165, 1.54) is 29.5 Å². The van der Waals surface area contributed by atoms with E-state index in [1.54, 1.807) is 11.3 Å². The van der Waals surface area contributed by atoms with Crippen molar-refractivity contribution in [3.05, 3.63) is 87.4 Å². The Balaban J connectivity index is 0.00000304. The van der Waals surface area contributed by atoms with Crippen LogP contribution in [0.5, 0.6) is 0 Å². The van der Waals surface area contributed by atoms with Gasteiger partial charge < -0.3 is 10.2 Å². The summed E-state index contributed by atoms with van der Waals surface area (Å²) in [6, 6.07) is 18.7. The minimum absolute atomic E-state index is 0. The molecular weight excluding hydrogens is 488 g/mol. The largest absolute Gasteiger partial charge is 0.421 e. The first-order chi connectivity index (χ1) is 16.7. The van der Waals surface area contributed by atoms with E-state index in [0.29, 0.717) is 24.0 Å². The fourth-order valence-corrected chi connectivity index (χ4v) is 5.43. The predicted molar refractivity (Wildman–Crippen MR) is 151 cm³/mol. The van der Waals surface area contributed by atoms with Crippen LogP contribution in [-0.2, 0) is 23.7 Å². The van der Waals surface area contributed by atoms with Gasteiger partial charge in [-0.25, -0.2) is 4.99 Å². The standard InChI is InChI=1S/C29H32N4OS.ClH/c1-28(2)15-16-29(3,4)23-18-20(10-13-22(23)28)27-33-32-25(34-27)14-9-19-7-11-21(12-8-19)31-26(30)24-6-5-17-35-24;/h5-8,10-13,17-18H,9,14-16H2,1-4H3,(H2,30,31);1H. The van der Waals surface area contributed by atoms with Gasteiger partial charge >= 0.3 is 0 Å². The molecule has 5 nitrogen and oxygen atoms in total. The number of hydrogen-bond donors (Lipinski definition) is 1. The molecule has 7 heteroatoms. The van der Waals surface area contributed by atoms with Crippen LogP contribution < -0.4 is 5.73 Å². The molecule has 0 aliphatic heterocycles. The Morgan fingerprint density at radius 3 is 2.36 bits per heavy atom. The van der Waals surface area contributed by atoms with Gasteiger partial charge in [0, 0.05) is 12.0 Å². The van der Waals surface area contributed by atoms with Crippen LogP contribution >= 0.6 is 23.7 Å². The summed E-state index contributed by atoms with van der Waals surface area (Å²) in [5.74, 6) is 1.79. The van der Waals surface area contributed by atoms with Gasteiger partial charge in [0.25, 0.3) is 0 Å². The lowest BCUT2D eigenvalue weighted by Crippen LogP contribution is -2.33. The van der Waals surface area contributed by atoms with Crippen LogP contribution in [0.3, 0.4) is 0 Å². The molecule has 36 heavy (non-hydrogen) atoms. The number of thiophene rings is 1. The summed E-state index contributed by atoms with van der Waals surface area (Å²) >= 11 is 1.59. The molecule has 0 amide bonds. The van der Waals surface area contributed by atoms with E-state index >= 15 is 0 Å². The smallest absolute Gasteiger partial charge is 0.247 e. The molecule has 0 radical (unpaired) electrons. The fraction of sp³-hybridized carbons (Fsp3) is 0.345. The first-order valence-electron chi connectivity index (χ1n) is 12.2. The van der Waals surface area contributed by atoms with Crippen molar-refractivity contribution in [3.63, 3.8) is 0 Å². The molecular formula is C29H33ClN4OS. The van der Waals surface area contributed by atoms with Crippen LogP contribution in [-0.4, -0.2) is 16.0 Å². The number of fused-ring (bicyclic) bond motifs is 1. The lowest BCUT2D eigenvalue weighted by molar-refractivity contribution is 0.332. The van der Waals surface area contributed by atoms with Crippen molar-refractivity contribution < 1.29 is 4.42 Å². The highest BCUT2D eigenvalue weighted by molar-refractivity contribution is 7.12. The van der Waals surface area contributed by atoms with Gasteiger partial charge in [0.1, 0.15) is 5.84 Å². The average Bonchev–Trinajstić information content (AvgIpc) is 3.54. The highest BCUT2D eigenvalue weighted by Gasteiger charge is 2.37. The van der Waals surface area contributed by atoms with Crippen LogP contribution in [0, 0.1) is 0 Å². The van der Waals surface area contributed by atoms with Gasteiger partial charge in [0.05, 0.1) is 10.6 Å². The molecule has 2 aromatic heterocycles. The summed E-state index contributed by atoms with van der Waals surface area (Å²) < 4.78 is 6.06. The molecule has 0 atom stereocenters. The molecule has 0 saturated carbocycles. The zero-order valence-corrected chi connectivity index (χ0v) is 22.9. The Morgan fingerprint density at radius 2 is 1.67 bits per heavy atom. The van der Waals surface area contributed by atoms with Crippen molar-refractivity contribution in [2.45, 2.75) is 64.2 Å². The quantitative estimate of drug-likeness (QED) is 0.212. The molecule has 188 valence electrons. The van der Waals surface area contributed by atoms with Gasteiger partial charge in [-0.05, 0) is 82.5 Å². The summed E-state index contributed by atoms with van der Waals surface area (Å²) in [4.78, 5) is 5.49.